The number of nitrogen functional groups attached to an aromatic ring is 1. The molecule has 1 fully saturated rings. The molecule has 1 atom stereocenters. The molecular formula is C16H17N5O. The number of benzene rings is 1. The average Bonchev–Trinajstić information content (AvgIpc) is 3.30. The highest BCUT2D eigenvalue weighted by atomic mass is 16.1. The van der Waals surface area contributed by atoms with E-state index in [2.05, 4.69) is 10.4 Å². The summed E-state index contributed by atoms with van der Waals surface area (Å²) < 4.78 is 1.47. The summed E-state index contributed by atoms with van der Waals surface area (Å²) in [6.07, 6.45) is 3.66. The van der Waals surface area contributed by atoms with Crippen molar-refractivity contribution in [3.8, 4) is 11.8 Å². The molecule has 1 aliphatic carbocycles. The third kappa shape index (κ3) is 2.53. The van der Waals surface area contributed by atoms with Crippen LogP contribution in [0.4, 0.5) is 11.5 Å². The highest BCUT2D eigenvalue weighted by molar-refractivity contribution is 5.94. The zero-order valence-corrected chi connectivity index (χ0v) is 12.3. The van der Waals surface area contributed by atoms with Crippen LogP contribution in [-0.2, 0) is 4.79 Å². The summed E-state index contributed by atoms with van der Waals surface area (Å²) in [4.78, 5) is 12.3. The molecule has 112 valence electrons. The lowest BCUT2D eigenvalue weighted by atomic mass is 10.1. The Morgan fingerprint density at radius 3 is 2.86 bits per heavy atom. The molecule has 0 radical (unpaired) electrons. The number of nitrogens with zero attached hydrogens (tertiary/aromatic N) is 3. The van der Waals surface area contributed by atoms with Crippen molar-refractivity contribution in [1.82, 2.24) is 9.78 Å². The van der Waals surface area contributed by atoms with Crippen LogP contribution in [0.1, 0.15) is 25.3 Å². The standard InChI is InChI=1S/C16H17N5O/c1-10(11-6-7-11)16(22)20-13-4-2-3-5-14(13)21-15(18)12(8-17)9-19-21/h2-5,9-11H,6-7,18H2,1H3,(H,20,22)/t10-/m0/s1. The summed E-state index contributed by atoms with van der Waals surface area (Å²) >= 11 is 0. The third-order valence-electron chi connectivity index (χ3n) is 4.06. The van der Waals surface area contributed by atoms with Gasteiger partial charge in [0.25, 0.3) is 0 Å². The number of anilines is 2. The Bertz CT molecular complexity index is 754. The molecule has 22 heavy (non-hydrogen) atoms. The topological polar surface area (TPSA) is 96.7 Å². The predicted molar refractivity (Wildman–Crippen MR) is 83.2 cm³/mol. The normalized spacial score (nSPS) is 15.1. The summed E-state index contributed by atoms with van der Waals surface area (Å²) in [5, 5.41) is 16.1. The molecule has 0 spiro atoms. The lowest BCUT2D eigenvalue weighted by Gasteiger charge is -2.15. The molecule has 6 nitrogen and oxygen atoms in total. The van der Waals surface area contributed by atoms with E-state index >= 15 is 0 Å². The van der Waals surface area contributed by atoms with Gasteiger partial charge in [-0.1, -0.05) is 19.1 Å². The number of nitrogens with two attached hydrogens (primary N) is 1. The van der Waals surface area contributed by atoms with Crippen molar-refractivity contribution in [3.63, 3.8) is 0 Å². The molecule has 1 aromatic carbocycles. The van der Waals surface area contributed by atoms with Crippen molar-refractivity contribution in [3.05, 3.63) is 36.0 Å². The fourth-order valence-corrected chi connectivity index (χ4v) is 2.46. The fourth-order valence-electron chi connectivity index (χ4n) is 2.46. The van der Waals surface area contributed by atoms with Crippen LogP contribution in [0, 0.1) is 23.2 Å². The molecule has 1 aromatic heterocycles. The molecule has 6 heteroatoms. The van der Waals surface area contributed by atoms with Gasteiger partial charge in [-0.2, -0.15) is 10.4 Å². The second kappa shape index (κ2) is 5.53. The summed E-state index contributed by atoms with van der Waals surface area (Å²) in [5.41, 5.74) is 7.53. The number of hydrogen-bond donors (Lipinski definition) is 2. The number of nitrogens with one attached hydrogen (secondary N) is 1. The number of carbonyl (C=O) groups is 1. The summed E-state index contributed by atoms with van der Waals surface area (Å²) in [7, 11) is 0. The molecule has 0 unspecified atom stereocenters. The third-order valence-corrected chi connectivity index (χ3v) is 4.06. The van der Waals surface area contributed by atoms with Crippen molar-refractivity contribution < 1.29 is 4.79 Å². The first-order valence-corrected chi connectivity index (χ1v) is 7.25. The Balaban J connectivity index is 1.91. The van der Waals surface area contributed by atoms with Gasteiger partial charge in [0.15, 0.2) is 0 Å². The lowest BCUT2D eigenvalue weighted by molar-refractivity contribution is -0.119. The first-order valence-electron chi connectivity index (χ1n) is 7.25. The second-order valence-corrected chi connectivity index (χ2v) is 5.60. The number of rotatable bonds is 4. The number of carbonyl (C=O) groups excluding carboxylic acids is 1. The quantitative estimate of drug-likeness (QED) is 0.904. The van der Waals surface area contributed by atoms with Crippen LogP contribution in [0.3, 0.4) is 0 Å². The molecule has 1 amide bonds. The molecule has 0 aliphatic heterocycles. The van der Waals surface area contributed by atoms with Gasteiger partial charge in [-0.05, 0) is 30.9 Å². The zero-order valence-electron chi connectivity index (χ0n) is 12.3. The van der Waals surface area contributed by atoms with Gasteiger partial charge < -0.3 is 11.1 Å². The molecule has 1 heterocycles. The first kappa shape index (κ1) is 14.1. The van der Waals surface area contributed by atoms with Crippen LogP contribution in [-0.4, -0.2) is 15.7 Å². The largest absolute Gasteiger partial charge is 0.382 e. The minimum atomic E-state index is -0.00214. The van der Waals surface area contributed by atoms with Crippen LogP contribution in [0.5, 0.6) is 0 Å². The lowest BCUT2D eigenvalue weighted by Crippen LogP contribution is -2.22. The number of amides is 1. The van der Waals surface area contributed by atoms with E-state index in [1.54, 1.807) is 6.07 Å². The number of hydrogen-bond acceptors (Lipinski definition) is 4. The van der Waals surface area contributed by atoms with Crippen LogP contribution >= 0.6 is 0 Å². The summed E-state index contributed by atoms with van der Waals surface area (Å²) in [6.45, 7) is 1.95. The molecule has 2 aromatic rings. The minimum absolute atomic E-state index is 0.00110. The van der Waals surface area contributed by atoms with Crippen molar-refractivity contribution >= 4 is 17.4 Å². The van der Waals surface area contributed by atoms with E-state index in [1.807, 2.05) is 31.2 Å². The van der Waals surface area contributed by atoms with Gasteiger partial charge in [0.2, 0.25) is 5.91 Å². The molecule has 1 saturated carbocycles. The van der Waals surface area contributed by atoms with E-state index in [4.69, 9.17) is 11.0 Å². The van der Waals surface area contributed by atoms with E-state index in [0.29, 0.717) is 22.9 Å². The maximum Gasteiger partial charge on any atom is 0.227 e. The van der Waals surface area contributed by atoms with Gasteiger partial charge in [-0.25, -0.2) is 4.68 Å². The Labute approximate surface area is 128 Å². The maximum absolute atomic E-state index is 12.3. The van der Waals surface area contributed by atoms with Crippen molar-refractivity contribution in [2.45, 2.75) is 19.8 Å². The summed E-state index contributed by atoms with van der Waals surface area (Å²) in [5.74, 6) is 0.755. The minimum Gasteiger partial charge on any atom is -0.382 e. The van der Waals surface area contributed by atoms with Crippen LogP contribution in [0.25, 0.3) is 5.69 Å². The maximum atomic E-state index is 12.3. The number of nitriles is 1. The van der Waals surface area contributed by atoms with Crippen LogP contribution in [0.15, 0.2) is 30.5 Å². The number of aromatic nitrogens is 2. The van der Waals surface area contributed by atoms with Gasteiger partial charge in [0, 0.05) is 5.92 Å². The van der Waals surface area contributed by atoms with E-state index in [-0.39, 0.29) is 17.6 Å². The monoisotopic (exact) mass is 295 g/mol. The zero-order chi connectivity index (χ0) is 15.7. The predicted octanol–water partition coefficient (Wildman–Crippen LogP) is 2.31. The first-order chi connectivity index (χ1) is 10.6. The smallest absolute Gasteiger partial charge is 0.227 e. The molecule has 1 aliphatic rings. The Morgan fingerprint density at radius 1 is 1.50 bits per heavy atom. The van der Waals surface area contributed by atoms with Crippen molar-refractivity contribution in [2.24, 2.45) is 11.8 Å². The molecule has 0 saturated heterocycles. The Hall–Kier alpha value is -2.81. The van der Waals surface area contributed by atoms with Crippen LogP contribution in [0.2, 0.25) is 0 Å². The molecule has 3 rings (SSSR count). The SMILES string of the molecule is C[C@H](C(=O)Nc1ccccc1-n1ncc(C#N)c1N)C1CC1. The fraction of sp³-hybridized carbons (Fsp3) is 0.312. The van der Waals surface area contributed by atoms with Gasteiger partial charge >= 0.3 is 0 Å². The Kier molecular flexibility index (Phi) is 3.55. The molecular weight excluding hydrogens is 278 g/mol. The average molecular weight is 295 g/mol. The van der Waals surface area contributed by atoms with Crippen molar-refractivity contribution in [2.75, 3.05) is 11.1 Å². The van der Waals surface area contributed by atoms with E-state index in [0.717, 1.165) is 12.8 Å². The molecule has 0 bridgehead atoms. The second-order valence-electron chi connectivity index (χ2n) is 5.60. The van der Waals surface area contributed by atoms with Gasteiger partial charge in [-0.15, -0.1) is 0 Å². The number of para-hydroxylation sites is 2. The summed E-state index contributed by atoms with van der Waals surface area (Å²) in [6, 6.07) is 9.28. The highest BCUT2D eigenvalue weighted by Crippen LogP contribution is 2.37. The van der Waals surface area contributed by atoms with Gasteiger partial charge in [0.1, 0.15) is 17.5 Å². The van der Waals surface area contributed by atoms with Crippen LogP contribution < -0.4 is 11.1 Å². The van der Waals surface area contributed by atoms with E-state index in [9.17, 15) is 4.79 Å². The highest BCUT2D eigenvalue weighted by Gasteiger charge is 2.32. The van der Waals surface area contributed by atoms with E-state index < -0.39 is 0 Å². The van der Waals surface area contributed by atoms with Gasteiger partial charge in [-0.3, -0.25) is 4.79 Å². The van der Waals surface area contributed by atoms with Crippen molar-refractivity contribution in [1.29, 1.82) is 5.26 Å². The molecule has 3 N–H and O–H groups in total. The van der Waals surface area contributed by atoms with Gasteiger partial charge in [0.05, 0.1) is 17.6 Å². The Morgan fingerprint density at radius 2 is 2.23 bits per heavy atom. The van der Waals surface area contributed by atoms with E-state index in [1.165, 1.54) is 10.9 Å².